The van der Waals surface area contributed by atoms with Gasteiger partial charge >= 0.3 is 0 Å². The van der Waals surface area contributed by atoms with Gasteiger partial charge in [-0.3, -0.25) is 0 Å². The molecule has 0 aliphatic carbocycles. The molecule has 0 bridgehead atoms. The highest BCUT2D eigenvalue weighted by Crippen LogP contribution is 2.23. The fraction of sp³-hybridized carbons (Fsp3) is 0.300. The summed E-state index contributed by atoms with van der Waals surface area (Å²) in [5, 5.41) is 11.9. The van der Waals surface area contributed by atoms with Crippen LogP contribution in [0.5, 0.6) is 0 Å². The van der Waals surface area contributed by atoms with Gasteiger partial charge in [-0.2, -0.15) is 5.26 Å². The van der Waals surface area contributed by atoms with E-state index in [9.17, 15) is 0 Å². The van der Waals surface area contributed by atoms with Crippen molar-refractivity contribution in [3.63, 3.8) is 0 Å². The maximum Gasteiger partial charge on any atom is 0.0992 e. The van der Waals surface area contributed by atoms with Crippen molar-refractivity contribution in [1.29, 1.82) is 5.26 Å². The van der Waals surface area contributed by atoms with Crippen LogP contribution in [0.4, 0.5) is 5.69 Å². The van der Waals surface area contributed by atoms with Crippen LogP contribution in [0.2, 0.25) is 0 Å². The monoisotopic (exact) mass is 253 g/mol. The van der Waals surface area contributed by atoms with Crippen LogP contribution in [0.1, 0.15) is 12.5 Å². The smallest absolute Gasteiger partial charge is 0.0992 e. The van der Waals surface area contributed by atoms with Crippen LogP contribution in [0.3, 0.4) is 0 Å². The zero-order valence-corrected chi connectivity index (χ0v) is 9.51. The van der Waals surface area contributed by atoms with Gasteiger partial charge < -0.3 is 11.1 Å². The van der Waals surface area contributed by atoms with Gasteiger partial charge in [0.25, 0.3) is 0 Å². The Labute approximate surface area is 92.0 Å². The summed E-state index contributed by atoms with van der Waals surface area (Å²) in [6.45, 7) is 2.58. The molecule has 1 unspecified atom stereocenters. The van der Waals surface area contributed by atoms with E-state index >= 15 is 0 Å². The number of nitrogens with two attached hydrogens (primary N) is 1. The van der Waals surface area contributed by atoms with Gasteiger partial charge in [0.05, 0.1) is 11.6 Å². The van der Waals surface area contributed by atoms with Crippen LogP contribution in [0.15, 0.2) is 22.7 Å². The van der Waals surface area contributed by atoms with Gasteiger partial charge in [-0.05, 0) is 41.1 Å². The van der Waals surface area contributed by atoms with Gasteiger partial charge in [0.1, 0.15) is 0 Å². The largest absolute Gasteiger partial charge is 0.380 e. The molecular weight excluding hydrogens is 242 g/mol. The van der Waals surface area contributed by atoms with E-state index in [0.717, 1.165) is 10.2 Å². The number of hydrogen-bond donors (Lipinski definition) is 2. The third-order valence-electron chi connectivity index (χ3n) is 1.85. The highest BCUT2D eigenvalue weighted by atomic mass is 79.9. The predicted molar refractivity (Wildman–Crippen MR) is 61.0 cm³/mol. The molecule has 0 radical (unpaired) electrons. The molecule has 0 saturated carbocycles. The van der Waals surface area contributed by atoms with Gasteiger partial charge in [0, 0.05) is 22.7 Å². The zero-order valence-electron chi connectivity index (χ0n) is 7.92. The summed E-state index contributed by atoms with van der Waals surface area (Å²) in [6, 6.07) is 7.73. The summed E-state index contributed by atoms with van der Waals surface area (Å²) >= 11 is 3.39. The number of hydrogen-bond acceptors (Lipinski definition) is 3. The number of benzene rings is 1. The SMILES string of the molecule is CC(CN)Nc1ccc(C#N)cc1Br. The van der Waals surface area contributed by atoms with Crippen molar-refractivity contribution in [2.75, 3.05) is 11.9 Å². The van der Waals surface area contributed by atoms with Crippen molar-refractivity contribution < 1.29 is 0 Å². The maximum absolute atomic E-state index is 8.67. The highest BCUT2D eigenvalue weighted by molar-refractivity contribution is 9.10. The van der Waals surface area contributed by atoms with E-state index in [0.29, 0.717) is 12.1 Å². The van der Waals surface area contributed by atoms with Crippen LogP contribution >= 0.6 is 15.9 Å². The molecule has 0 spiro atoms. The van der Waals surface area contributed by atoms with Crippen LogP contribution in [-0.4, -0.2) is 12.6 Å². The molecule has 0 amide bonds. The van der Waals surface area contributed by atoms with Gasteiger partial charge in [0.2, 0.25) is 0 Å². The lowest BCUT2D eigenvalue weighted by molar-refractivity contribution is 0.803. The van der Waals surface area contributed by atoms with E-state index in [1.54, 1.807) is 12.1 Å². The molecule has 4 heteroatoms. The van der Waals surface area contributed by atoms with Crippen molar-refractivity contribution in [1.82, 2.24) is 0 Å². The first-order valence-electron chi connectivity index (χ1n) is 4.33. The Morgan fingerprint density at radius 1 is 1.64 bits per heavy atom. The minimum atomic E-state index is 0.222. The Morgan fingerprint density at radius 3 is 2.86 bits per heavy atom. The molecule has 0 aliphatic rings. The van der Waals surface area contributed by atoms with E-state index < -0.39 is 0 Å². The molecule has 1 rings (SSSR count). The van der Waals surface area contributed by atoms with E-state index in [4.69, 9.17) is 11.0 Å². The first kappa shape index (κ1) is 11.0. The molecule has 0 aliphatic heterocycles. The molecule has 0 saturated heterocycles. The minimum Gasteiger partial charge on any atom is -0.380 e. The predicted octanol–water partition coefficient (Wildman–Crippen LogP) is 2.08. The van der Waals surface area contributed by atoms with Crippen LogP contribution < -0.4 is 11.1 Å². The number of rotatable bonds is 3. The average molecular weight is 254 g/mol. The summed E-state index contributed by atoms with van der Waals surface area (Å²) < 4.78 is 0.886. The van der Waals surface area contributed by atoms with E-state index in [2.05, 4.69) is 27.3 Å². The fourth-order valence-electron chi connectivity index (χ4n) is 1.03. The van der Waals surface area contributed by atoms with E-state index in [-0.39, 0.29) is 6.04 Å². The van der Waals surface area contributed by atoms with E-state index in [1.165, 1.54) is 0 Å². The lowest BCUT2D eigenvalue weighted by atomic mass is 10.2. The topological polar surface area (TPSA) is 61.8 Å². The van der Waals surface area contributed by atoms with E-state index in [1.807, 2.05) is 13.0 Å². The molecule has 1 aromatic carbocycles. The minimum absolute atomic E-state index is 0.222. The summed E-state index contributed by atoms with van der Waals surface area (Å²) in [6.07, 6.45) is 0. The molecule has 0 aromatic heterocycles. The van der Waals surface area contributed by atoms with Crippen LogP contribution in [0, 0.1) is 11.3 Å². The summed E-state index contributed by atoms with van der Waals surface area (Å²) in [4.78, 5) is 0. The summed E-state index contributed by atoms with van der Waals surface area (Å²) in [5.74, 6) is 0. The number of anilines is 1. The van der Waals surface area contributed by atoms with Gasteiger partial charge in [-0.1, -0.05) is 0 Å². The standard InChI is InChI=1S/C10H12BrN3/c1-7(5-12)14-10-3-2-8(6-13)4-9(10)11/h2-4,7,14H,5,12H2,1H3. The Bertz CT molecular complexity index is 357. The second-order valence-electron chi connectivity index (χ2n) is 3.09. The van der Waals surface area contributed by atoms with Crippen LogP contribution in [-0.2, 0) is 0 Å². The first-order valence-corrected chi connectivity index (χ1v) is 5.13. The second-order valence-corrected chi connectivity index (χ2v) is 3.94. The maximum atomic E-state index is 8.67. The first-order chi connectivity index (χ1) is 6.67. The van der Waals surface area contributed by atoms with Crippen molar-refractivity contribution in [2.24, 2.45) is 5.73 Å². The number of nitrogens with zero attached hydrogens (tertiary/aromatic N) is 1. The lowest BCUT2D eigenvalue weighted by Crippen LogP contribution is -2.25. The van der Waals surface area contributed by atoms with Crippen molar-refractivity contribution in [3.05, 3.63) is 28.2 Å². The van der Waals surface area contributed by atoms with Crippen LogP contribution in [0.25, 0.3) is 0 Å². The lowest BCUT2D eigenvalue weighted by Gasteiger charge is -2.14. The molecule has 1 aromatic rings. The van der Waals surface area contributed by atoms with Crippen molar-refractivity contribution in [3.8, 4) is 6.07 Å². The molecule has 0 heterocycles. The molecule has 3 nitrogen and oxygen atoms in total. The number of nitrogens with one attached hydrogen (secondary N) is 1. The van der Waals surface area contributed by atoms with Crippen molar-refractivity contribution >= 4 is 21.6 Å². The molecular formula is C10H12BrN3. The Morgan fingerprint density at radius 2 is 2.36 bits per heavy atom. The number of nitriles is 1. The normalized spacial score (nSPS) is 11.9. The van der Waals surface area contributed by atoms with Gasteiger partial charge in [0.15, 0.2) is 0 Å². The Kier molecular flexibility index (Phi) is 3.93. The van der Waals surface area contributed by atoms with Crippen molar-refractivity contribution in [2.45, 2.75) is 13.0 Å². The summed E-state index contributed by atoms with van der Waals surface area (Å²) in [5.41, 5.74) is 7.10. The van der Waals surface area contributed by atoms with Gasteiger partial charge in [-0.15, -0.1) is 0 Å². The average Bonchev–Trinajstić information content (AvgIpc) is 2.20. The quantitative estimate of drug-likeness (QED) is 0.868. The molecule has 0 fully saturated rings. The number of halogens is 1. The molecule has 1 atom stereocenters. The van der Waals surface area contributed by atoms with Gasteiger partial charge in [-0.25, -0.2) is 0 Å². The highest BCUT2D eigenvalue weighted by Gasteiger charge is 2.03. The zero-order chi connectivity index (χ0) is 10.6. The second kappa shape index (κ2) is 4.99. The third kappa shape index (κ3) is 2.72. The molecule has 14 heavy (non-hydrogen) atoms. The fourth-order valence-corrected chi connectivity index (χ4v) is 1.52. The summed E-state index contributed by atoms with van der Waals surface area (Å²) in [7, 11) is 0. The molecule has 74 valence electrons. The third-order valence-corrected chi connectivity index (χ3v) is 2.51. The Balaban J connectivity index is 2.85. The Hall–Kier alpha value is -1.05. The molecule has 3 N–H and O–H groups in total.